The van der Waals surface area contributed by atoms with Crippen LogP contribution in [0.15, 0.2) is 53.3 Å². The fraction of sp³-hybridized carbons (Fsp3) is 0.273. The maximum atomic E-state index is 12.6. The minimum Gasteiger partial charge on any atom is -0.372 e. The van der Waals surface area contributed by atoms with E-state index in [1.54, 1.807) is 12.1 Å². The molecule has 1 aromatic heterocycles. The van der Waals surface area contributed by atoms with Crippen molar-refractivity contribution >= 4 is 28.9 Å². The fourth-order valence-electron chi connectivity index (χ4n) is 3.65. The second-order valence-electron chi connectivity index (χ2n) is 7.10. The van der Waals surface area contributed by atoms with Crippen LogP contribution in [0, 0.1) is 6.92 Å². The lowest BCUT2D eigenvalue weighted by Gasteiger charge is -2.28. The zero-order valence-electron chi connectivity index (χ0n) is 15.8. The molecule has 0 bridgehead atoms. The second-order valence-corrected chi connectivity index (χ2v) is 7.54. The molecule has 5 nitrogen and oxygen atoms in total. The molecule has 0 atom stereocenters. The summed E-state index contributed by atoms with van der Waals surface area (Å²) in [5.74, 6) is 0.436. The van der Waals surface area contributed by atoms with Gasteiger partial charge in [0.15, 0.2) is 0 Å². The molecule has 1 aliphatic heterocycles. The maximum Gasteiger partial charge on any atom is 0.260 e. The summed E-state index contributed by atoms with van der Waals surface area (Å²) in [5.41, 5.74) is 3.97. The van der Waals surface area contributed by atoms with Crippen LogP contribution in [-0.4, -0.2) is 23.1 Å². The fourth-order valence-corrected chi connectivity index (χ4v) is 3.77. The predicted octanol–water partition coefficient (Wildman–Crippen LogP) is 5.13. The molecule has 1 fully saturated rings. The highest BCUT2D eigenvalue weighted by molar-refractivity contribution is 6.30. The van der Waals surface area contributed by atoms with Crippen molar-refractivity contribution in [1.82, 2.24) is 9.97 Å². The first-order valence-corrected chi connectivity index (χ1v) is 9.97. The van der Waals surface area contributed by atoms with Crippen molar-refractivity contribution in [3.8, 4) is 11.1 Å². The number of hydrogen-bond donors (Lipinski definition) is 2. The van der Waals surface area contributed by atoms with Crippen molar-refractivity contribution < 1.29 is 0 Å². The van der Waals surface area contributed by atoms with E-state index in [2.05, 4.69) is 32.3 Å². The van der Waals surface area contributed by atoms with Gasteiger partial charge in [0, 0.05) is 29.5 Å². The number of nitrogens with zero attached hydrogens (tertiary/aromatic N) is 2. The Hall–Kier alpha value is -2.79. The van der Waals surface area contributed by atoms with Gasteiger partial charge >= 0.3 is 0 Å². The summed E-state index contributed by atoms with van der Waals surface area (Å²) in [7, 11) is 0. The van der Waals surface area contributed by atoms with E-state index in [0.717, 1.165) is 24.3 Å². The molecule has 0 aliphatic carbocycles. The Labute approximate surface area is 169 Å². The Morgan fingerprint density at radius 1 is 1.00 bits per heavy atom. The van der Waals surface area contributed by atoms with E-state index in [4.69, 9.17) is 11.6 Å². The van der Waals surface area contributed by atoms with Crippen molar-refractivity contribution in [2.24, 2.45) is 0 Å². The molecular weight excluding hydrogens is 372 g/mol. The molecule has 0 unspecified atom stereocenters. The molecular formula is C22H23ClN4O. The highest BCUT2D eigenvalue weighted by Gasteiger charge is 2.12. The minimum atomic E-state index is -0.178. The van der Waals surface area contributed by atoms with Crippen LogP contribution < -0.4 is 15.8 Å². The first-order valence-electron chi connectivity index (χ1n) is 9.59. The third-order valence-corrected chi connectivity index (χ3v) is 5.34. The Morgan fingerprint density at radius 3 is 2.32 bits per heavy atom. The number of aromatic amines is 1. The molecule has 0 radical (unpaired) electrons. The van der Waals surface area contributed by atoms with Gasteiger partial charge in [-0.1, -0.05) is 23.7 Å². The molecule has 3 aromatic rings. The van der Waals surface area contributed by atoms with Crippen molar-refractivity contribution in [2.45, 2.75) is 26.2 Å². The molecule has 2 aromatic carbocycles. The Bertz CT molecular complexity index is 1010. The lowest BCUT2D eigenvalue weighted by Crippen LogP contribution is -2.29. The van der Waals surface area contributed by atoms with Gasteiger partial charge in [0.25, 0.3) is 5.56 Å². The predicted molar refractivity (Wildman–Crippen MR) is 116 cm³/mol. The first kappa shape index (κ1) is 18.6. The monoisotopic (exact) mass is 394 g/mol. The van der Waals surface area contributed by atoms with Crippen molar-refractivity contribution in [3.63, 3.8) is 0 Å². The highest BCUT2D eigenvalue weighted by Crippen LogP contribution is 2.24. The summed E-state index contributed by atoms with van der Waals surface area (Å²) in [4.78, 5) is 22.4. The molecule has 1 aliphatic rings. The summed E-state index contributed by atoms with van der Waals surface area (Å²) < 4.78 is 0. The summed E-state index contributed by atoms with van der Waals surface area (Å²) in [6.45, 7) is 4.07. The number of nitrogens with one attached hydrogen (secondary N) is 2. The maximum absolute atomic E-state index is 12.6. The number of aryl methyl sites for hydroxylation is 1. The van der Waals surface area contributed by atoms with Crippen LogP contribution in [0.4, 0.5) is 17.3 Å². The second kappa shape index (κ2) is 8.07. The average Bonchev–Trinajstić information content (AvgIpc) is 2.70. The van der Waals surface area contributed by atoms with Gasteiger partial charge in [-0.2, -0.15) is 0 Å². The molecule has 6 heteroatoms. The molecule has 2 N–H and O–H groups in total. The van der Waals surface area contributed by atoms with Gasteiger partial charge in [-0.15, -0.1) is 0 Å². The van der Waals surface area contributed by atoms with E-state index in [0.29, 0.717) is 22.2 Å². The Morgan fingerprint density at radius 2 is 1.68 bits per heavy atom. The lowest BCUT2D eigenvalue weighted by molar-refractivity contribution is 0.578. The number of aromatic nitrogens is 2. The van der Waals surface area contributed by atoms with E-state index in [9.17, 15) is 4.79 Å². The van der Waals surface area contributed by atoms with Crippen molar-refractivity contribution in [1.29, 1.82) is 0 Å². The van der Waals surface area contributed by atoms with Crippen LogP contribution >= 0.6 is 11.6 Å². The van der Waals surface area contributed by atoms with E-state index in [-0.39, 0.29) is 5.56 Å². The summed E-state index contributed by atoms with van der Waals surface area (Å²) in [5, 5.41) is 3.83. The SMILES string of the molecule is Cc1nc(Nc2ccc(N3CCCCC3)cc2)[nH]c(=O)c1-c1ccc(Cl)cc1. The number of anilines is 3. The van der Waals surface area contributed by atoms with Crippen LogP contribution in [0.2, 0.25) is 5.02 Å². The van der Waals surface area contributed by atoms with Crippen LogP contribution in [0.25, 0.3) is 11.1 Å². The zero-order valence-corrected chi connectivity index (χ0v) is 16.6. The van der Waals surface area contributed by atoms with Gasteiger partial charge in [0.05, 0.1) is 11.3 Å². The summed E-state index contributed by atoms with van der Waals surface area (Å²) in [6, 6.07) is 15.5. The lowest BCUT2D eigenvalue weighted by atomic mass is 10.1. The third kappa shape index (κ3) is 4.04. The average molecular weight is 395 g/mol. The van der Waals surface area contributed by atoms with Gasteiger partial charge in [0.2, 0.25) is 5.95 Å². The number of piperidine rings is 1. The van der Waals surface area contributed by atoms with Gasteiger partial charge < -0.3 is 10.2 Å². The van der Waals surface area contributed by atoms with Gasteiger partial charge in [0.1, 0.15) is 0 Å². The minimum absolute atomic E-state index is 0.178. The van der Waals surface area contributed by atoms with E-state index >= 15 is 0 Å². The number of halogens is 1. The van der Waals surface area contributed by atoms with E-state index < -0.39 is 0 Å². The molecule has 1 saturated heterocycles. The normalized spacial score (nSPS) is 14.1. The highest BCUT2D eigenvalue weighted by atomic mass is 35.5. The molecule has 0 spiro atoms. The summed E-state index contributed by atoms with van der Waals surface area (Å²) >= 11 is 5.94. The molecule has 28 heavy (non-hydrogen) atoms. The number of benzene rings is 2. The number of rotatable bonds is 4. The van der Waals surface area contributed by atoms with Crippen molar-refractivity contribution in [2.75, 3.05) is 23.3 Å². The van der Waals surface area contributed by atoms with Gasteiger partial charge in [-0.3, -0.25) is 9.78 Å². The van der Waals surface area contributed by atoms with E-state index in [1.807, 2.05) is 31.2 Å². The van der Waals surface area contributed by atoms with Crippen LogP contribution in [-0.2, 0) is 0 Å². The van der Waals surface area contributed by atoms with Gasteiger partial charge in [-0.05, 0) is 68.1 Å². The van der Waals surface area contributed by atoms with Crippen LogP contribution in [0.5, 0.6) is 0 Å². The quantitative estimate of drug-likeness (QED) is 0.643. The molecule has 4 rings (SSSR count). The molecule has 0 saturated carbocycles. The largest absolute Gasteiger partial charge is 0.372 e. The van der Waals surface area contributed by atoms with Crippen LogP contribution in [0.3, 0.4) is 0 Å². The first-order chi connectivity index (χ1) is 13.6. The van der Waals surface area contributed by atoms with Crippen molar-refractivity contribution in [3.05, 3.63) is 69.6 Å². The summed E-state index contributed by atoms with van der Waals surface area (Å²) in [6.07, 6.45) is 3.83. The standard InChI is InChI=1S/C22H23ClN4O/c1-15-20(16-5-7-17(23)8-6-16)21(28)26-22(24-15)25-18-9-11-19(12-10-18)27-13-3-2-4-14-27/h5-12H,2-4,13-14H2,1H3,(H2,24,25,26,28). The Kier molecular flexibility index (Phi) is 5.35. The van der Waals surface area contributed by atoms with Gasteiger partial charge in [-0.25, -0.2) is 4.98 Å². The van der Waals surface area contributed by atoms with Crippen LogP contribution in [0.1, 0.15) is 25.0 Å². The number of hydrogen-bond acceptors (Lipinski definition) is 4. The third-order valence-electron chi connectivity index (χ3n) is 5.08. The molecule has 144 valence electrons. The Balaban J connectivity index is 1.53. The zero-order chi connectivity index (χ0) is 19.5. The molecule has 0 amide bonds. The number of H-pyrrole nitrogens is 1. The van der Waals surface area contributed by atoms with E-state index in [1.165, 1.54) is 24.9 Å². The smallest absolute Gasteiger partial charge is 0.260 e. The topological polar surface area (TPSA) is 61.0 Å². The molecule has 2 heterocycles.